The van der Waals surface area contributed by atoms with Crippen LogP contribution in [0.5, 0.6) is 0 Å². The molecular formula is C10H11N2O2+. The van der Waals surface area contributed by atoms with Crippen molar-refractivity contribution in [3.63, 3.8) is 0 Å². The van der Waals surface area contributed by atoms with Gasteiger partial charge in [0.25, 0.3) is 0 Å². The van der Waals surface area contributed by atoms with Crippen LogP contribution in [0.3, 0.4) is 0 Å². The van der Waals surface area contributed by atoms with Crippen LogP contribution in [0.15, 0.2) is 36.5 Å². The Morgan fingerprint density at radius 1 is 1.43 bits per heavy atom. The molecule has 1 aromatic rings. The van der Waals surface area contributed by atoms with Crippen LogP contribution in [-0.4, -0.2) is 11.7 Å². The van der Waals surface area contributed by atoms with Gasteiger partial charge in [-0.15, -0.1) is 0 Å². The van der Waals surface area contributed by atoms with E-state index >= 15 is 0 Å². The molecule has 1 rings (SSSR count). The van der Waals surface area contributed by atoms with Crippen LogP contribution in [0.2, 0.25) is 0 Å². The summed E-state index contributed by atoms with van der Waals surface area (Å²) in [5.41, 5.74) is 0.0763. The van der Waals surface area contributed by atoms with Gasteiger partial charge in [-0.25, -0.2) is 0 Å². The lowest BCUT2D eigenvalue weighted by Crippen LogP contribution is -2.31. The third-order valence-electron chi connectivity index (χ3n) is 1.56. The molecule has 14 heavy (non-hydrogen) atoms. The molecular weight excluding hydrogens is 180 g/mol. The molecule has 0 radical (unpaired) electrons. The summed E-state index contributed by atoms with van der Waals surface area (Å²) in [6.45, 7) is 2.06. The molecule has 0 bridgehead atoms. The van der Waals surface area contributed by atoms with Crippen molar-refractivity contribution in [2.24, 2.45) is 0 Å². The summed E-state index contributed by atoms with van der Waals surface area (Å²) in [4.78, 5) is 0. The standard InChI is InChI=1S/C10H10N2O2/c1-2-14-10(13)9(8-11)12-6-4-3-5-7-12/h3-7H,2H2,1H3/p+1/b10-9-. The maximum atomic E-state index is 9.38. The Kier molecular flexibility index (Phi) is 3.50. The molecule has 4 heteroatoms. The summed E-state index contributed by atoms with van der Waals surface area (Å²) in [5.74, 6) is -0.355. The first-order valence-electron chi connectivity index (χ1n) is 4.22. The van der Waals surface area contributed by atoms with Gasteiger partial charge in [0.15, 0.2) is 18.5 Å². The fourth-order valence-corrected chi connectivity index (χ4v) is 0.969. The molecule has 0 aliphatic rings. The fraction of sp³-hybridized carbons (Fsp3) is 0.200. The minimum absolute atomic E-state index is 0.0763. The average Bonchev–Trinajstić information content (AvgIpc) is 2.21. The molecule has 72 valence electrons. The van der Waals surface area contributed by atoms with Crippen molar-refractivity contribution in [1.82, 2.24) is 0 Å². The van der Waals surface area contributed by atoms with E-state index in [0.717, 1.165) is 0 Å². The Hall–Kier alpha value is -2.02. The van der Waals surface area contributed by atoms with Crippen LogP contribution in [0.4, 0.5) is 0 Å². The van der Waals surface area contributed by atoms with E-state index in [-0.39, 0.29) is 11.6 Å². The smallest absolute Gasteiger partial charge is 0.369 e. The van der Waals surface area contributed by atoms with E-state index in [1.807, 2.05) is 12.1 Å². The zero-order valence-electron chi connectivity index (χ0n) is 7.84. The summed E-state index contributed by atoms with van der Waals surface area (Å²) in [5, 5.41) is 18.2. The van der Waals surface area contributed by atoms with Crippen molar-refractivity contribution in [2.75, 3.05) is 6.61 Å². The molecule has 0 aromatic carbocycles. The minimum atomic E-state index is -0.355. The Balaban J connectivity index is 3.06. The number of ether oxygens (including phenoxy) is 1. The molecule has 0 aliphatic heterocycles. The number of aromatic nitrogens is 1. The summed E-state index contributed by atoms with van der Waals surface area (Å²) >= 11 is 0. The van der Waals surface area contributed by atoms with E-state index in [0.29, 0.717) is 6.61 Å². The molecule has 1 N–H and O–H groups in total. The van der Waals surface area contributed by atoms with Crippen molar-refractivity contribution in [2.45, 2.75) is 6.92 Å². The lowest BCUT2D eigenvalue weighted by atomic mass is 10.4. The van der Waals surface area contributed by atoms with Gasteiger partial charge in [0.05, 0.1) is 6.61 Å². The van der Waals surface area contributed by atoms with E-state index in [2.05, 4.69) is 0 Å². The first-order valence-corrected chi connectivity index (χ1v) is 4.22. The maximum Gasteiger partial charge on any atom is 0.369 e. The second-order valence-electron chi connectivity index (χ2n) is 2.48. The van der Waals surface area contributed by atoms with Gasteiger partial charge in [0, 0.05) is 12.1 Å². The van der Waals surface area contributed by atoms with Crippen molar-refractivity contribution >= 4 is 5.70 Å². The highest BCUT2D eigenvalue weighted by atomic mass is 16.6. The Bertz CT molecular complexity index is 365. The third-order valence-corrected chi connectivity index (χ3v) is 1.56. The molecule has 0 aliphatic carbocycles. The van der Waals surface area contributed by atoms with Crippen LogP contribution in [-0.2, 0) is 4.74 Å². The van der Waals surface area contributed by atoms with E-state index in [9.17, 15) is 5.11 Å². The SMILES string of the molecule is CCO/C(O)=C(/C#N)[n+]1ccccc1. The average molecular weight is 191 g/mol. The number of nitriles is 1. The van der Waals surface area contributed by atoms with Crippen molar-refractivity contribution < 1.29 is 14.4 Å². The molecule has 0 spiro atoms. The van der Waals surface area contributed by atoms with Gasteiger partial charge < -0.3 is 9.84 Å². The molecule has 0 unspecified atom stereocenters. The van der Waals surface area contributed by atoms with Gasteiger partial charge in [-0.3, -0.25) is 0 Å². The first-order chi connectivity index (χ1) is 6.79. The van der Waals surface area contributed by atoms with Crippen molar-refractivity contribution in [3.8, 4) is 6.07 Å². The number of aliphatic hydroxyl groups excluding tert-OH is 1. The highest BCUT2D eigenvalue weighted by Gasteiger charge is 2.16. The van der Waals surface area contributed by atoms with Gasteiger partial charge >= 0.3 is 11.6 Å². The molecule has 0 atom stereocenters. The van der Waals surface area contributed by atoms with E-state index in [1.54, 1.807) is 31.5 Å². The number of allylic oxidation sites excluding steroid dienone is 1. The summed E-state index contributed by atoms with van der Waals surface area (Å²) in [6, 6.07) is 7.21. The second-order valence-corrected chi connectivity index (χ2v) is 2.48. The largest absolute Gasteiger partial charge is 0.476 e. The number of hydrogen-bond donors (Lipinski definition) is 1. The minimum Gasteiger partial charge on any atom is -0.476 e. The van der Waals surface area contributed by atoms with Crippen molar-refractivity contribution in [3.05, 3.63) is 36.5 Å². The monoisotopic (exact) mass is 191 g/mol. The van der Waals surface area contributed by atoms with Gasteiger partial charge in [-0.1, -0.05) is 6.07 Å². The third kappa shape index (κ3) is 2.23. The van der Waals surface area contributed by atoms with Crippen LogP contribution >= 0.6 is 0 Å². The second kappa shape index (κ2) is 4.87. The Morgan fingerprint density at radius 2 is 2.07 bits per heavy atom. The Morgan fingerprint density at radius 3 is 2.57 bits per heavy atom. The quantitative estimate of drug-likeness (QED) is 0.444. The number of rotatable bonds is 3. The van der Waals surface area contributed by atoms with Gasteiger partial charge in [-0.05, 0) is 6.92 Å². The molecule has 1 heterocycles. The van der Waals surface area contributed by atoms with Gasteiger partial charge in [0.1, 0.15) is 0 Å². The summed E-state index contributed by atoms with van der Waals surface area (Å²) in [7, 11) is 0. The number of nitrogens with zero attached hydrogens (tertiary/aromatic N) is 2. The number of pyridine rings is 1. The highest BCUT2D eigenvalue weighted by molar-refractivity contribution is 5.50. The van der Waals surface area contributed by atoms with Crippen molar-refractivity contribution in [1.29, 1.82) is 5.26 Å². The van der Waals surface area contributed by atoms with E-state index < -0.39 is 0 Å². The normalized spacial score (nSPS) is 11.4. The van der Waals surface area contributed by atoms with Gasteiger partial charge in [-0.2, -0.15) is 9.83 Å². The zero-order valence-corrected chi connectivity index (χ0v) is 7.84. The lowest BCUT2D eigenvalue weighted by Gasteiger charge is -1.99. The summed E-state index contributed by atoms with van der Waals surface area (Å²) in [6.07, 6.45) is 3.32. The van der Waals surface area contributed by atoms with Crippen LogP contribution in [0.25, 0.3) is 5.70 Å². The van der Waals surface area contributed by atoms with Crippen LogP contribution < -0.4 is 4.57 Å². The number of aliphatic hydroxyl groups is 1. The maximum absolute atomic E-state index is 9.38. The lowest BCUT2D eigenvalue weighted by molar-refractivity contribution is -0.580. The van der Waals surface area contributed by atoms with Gasteiger partial charge in [0.2, 0.25) is 0 Å². The molecule has 0 amide bonds. The topological polar surface area (TPSA) is 57.1 Å². The highest BCUT2D eigenvalue weighted by Crippen LogP contribution is 2.00. The fourth-order valence-electron chi connectivity index (χ4n) is 0.969. The van der Waals surface area contributed by atoms with E-state index in [4.69, 9.17) is 10.00 Å². The molecule has 4 nitrogen and oxygen atoms in total. The number of hydrogen-bond acceptors (Lipinski definition) is 3. The molecule has 0 saturated heterocycles. The zero-order chi connectivity index (χ0) is 10.4. The van der Waals surface area contributed by atoms with Crippen LogP contribution in [0.1, 0.15) is 6.92 Å². The molecule has 1 aromatic heterocycles. The predicted octanol–water partition coefficient (Wildman–Crippen LogP) is 1.22. The van der Waals surface area contributed by atoms with E-state index in [1.165, 1.54) is 4.57 Å². The Labute approximate surface area is 82.3 Å². The predicted molar refractivity (Wildman–Crippen MR) is 49.7 cm³/mol. The molecule has 0 saturated carbocycles. The van der Waals surface area contributed by atoms with Crippen LogP contribution in [0, 0.1) is 11.3 Å². The summed E-state index contributed by atoms with van der Waals surface area (Å²) < 4.78 is 6.33. The molecule has 0 fully saturated rings. The first kappa shape index (κ1) is 10.1.